The zero-order valence-corrected chi connectivity index (χ0v) is 15.0. The first kappa shape index (κ1) is 14.9. The van der Waals surface area contributed by atoms with Crippen LogP contribution in [0.15, 0.2) is 53.5 Å². The molecule has 0 amide bonds. The Morgan fingerprint density at radius 3 is 2.00 bits per heavy atom. The van der Waals surface area contributed by atoms with Gasteiger partial charge in [-0.05, 0) is 32.7 Å². The summed E-state index contributed by atoms with van der Waals surface area (Å²) in [6, 6.07) is 15.7. The fourth-order valence-electron chi connectivity index (χ4n) is 6.13. The molecule has 5 unspecified atom stereocenters. The van der Waals surface area contributed by atoms with Gasteiger partial charge in [-0.15, -0.1) is 0 Å². The molecule has 0 aromatic heterocycles. The van der Waals surface area contributed by atoms with E-state index in [9.17, 15) is 14.4 Å². The fraction of sp³-hybridized carbons (Fsp3) is 0.211. The summed E-state index contributed by atoms with van der Waals surface area (Å²) in [5.41, 5.74) is 2.19. The molecule has 4 N–H and O–H groups in total. The van der Waals surface area contributed by atoms with Crippen LogP contribution in [0.2, 0.25) is 0 Å². The lowest BCUT2D eigenvalue weighted by Crippen LogP contribution is -2.77. The van der Waals surface area contributed by atoms with Crippen LogP contribution in [0.3, 0.4) is 0 Å². The second-order valence-corrected chi connectivity index (χ2v) is 9.49. The molecule has 0 radical (unpaired) electrons. The number of hydrazine groups is 1. The number of nitrogens with zero attached hydrogens (tertiary/aromatic N) is 3. The van der Waals surface area contributed by atoms with Gasteiger partial charge in [-0.3, -0.25) is 9.79 Å². The normalized spacial score (nSPS) is 35.6. The molecule has 2 saturated heterocycles. The van der Waals surface area contributed by atoms with Crippen LogP contribution in [0.1, 0.15) is 23.1 Å². The summed E-state index contributed by atoms with van der Waals surface area (Å²) in [6.07, 6.45) is 0. The van der Waals surface area contributed by atoms with Crippen LogP contribution < -0.4 is 5.84 Å². The molecule has 2 aliphatic carbocycles. The smallest absolute Gasteiger partial charge is 0.277 e. The summed E-state index contributed by atoms with van der Waals surface area (Å²) < 4.78 is 12.0. The Morgan fingerprint density at radius 2 is 1.48 bits per heavy atom. The minimum Gasteiger partial charge on any atom is -0.277 e. The average molecular weight is 379 g/mol. The van der Waals surface area contributed by atoms with Gasteiger partial charge in [-0.1, -0.05) is 58.0 Å². The molecule has 7 nitrogen and oxygen atoms in total. The van der Waals surface area contributed by atoms with Gasteiger partial charge in [0.15, 0.2) is 12.1 Å². The van der Waals surface area contributed by atoms with Gasteiger partial charge in [0.25, 0.3) is 0 Å². The van der Waals surface area contributed by atoms with Crippen molar-refractivity contribution in [2.75, 3.05) is 0 Å². The number of aliphatic imine (C=N–C) groups is 1. The Balaban J connectivity index is 1.73. The van der Waals surface area contributed by atoms with E-state index >= 15 is 0 Å². The molecule has 5 aliphatic rings. The van der Waals surface area contributed by atoms with Crippen molar-refractivity contribution in [1.82, 2.24) is 5.12 Å². The van der Waals surface area contributed by atoms with Crippen LogP contribution in [0.5, 0.6) is 0 Å². The summed E-state index contributed by atoms with van der Waals surface area (Å²) in [6.45, 7) is 0. The molecule has 3 aromatic rings. The number of hydrogen-bond donors (Lipinski definition) is 3. The predicted octanol–water partition coefficient (Wildman–Crippen LogP) is 2.31. The SMILES string of the molecule is NN1C2c3c4ccccc4c(c4ccccc34)C3C4=NC3C2[N+]41P(=O)(O)O. The Morgan fingerprint density at radius 1 is 0.963 bits per heavy atom. The maximum atomic E-state index is 12.6. The fourth-order valence-corrected chi connectivity index (χ4v) is 7.57. The van der Waals surface area contributed by atoms with E-state index in [2.05, 4.69) is 29.3 Å². The number of fused-ring (bicyclic) bond motifs is 1. The topological polar surface area (TPSA) is 99.2 Å². The van der Waals surface area contributed by atoms with Gasteiger partial charge in [0, 0.05) is 0 Å². The highest BCUT2D eigenvalue weighted by atomic mass is 31.2. The van der Waals surface area contributed by atoms with E-state index in [0.29, 0.717) is 5.84 Å². The standard InChI is InChI=1S/C19H15N4O3P/c20-22-17-14-11-7-3-1-5-9(11)13(10-6-2-4-8-12(10)14)15-16-18(17)23(22,19(15)21-16)27(24,25)26/h1-8,15-18H,20H2,(H-,24,25,26)/p+1. The predicted molar refractivity (Wildman–Crippen MR) is 100 cm³/mol. The van der Waals surface area contributed by atoms with Crippen molar-refractivity contribution < 1.29 is 18.7 Å². The van der Waals surface area contributed by atoms with E-state index in [1.807, 2.05) is 24.3 Å². The molecule has 8 heteroatoms. The van der Waals surface area contributed by atoms with E-state index in [1.54, 1.807) is 0 Å². The Kier molecular flexibility index (Phi) is 2.29. The largest absolute Gasteiger partial charge is 0.553 e. The maximum Gasteiger partial charge on any atom is 0.553 e. The van der Waals surface area contributed by atoms with Crippen molar-refractivity contribution in [3.8, 4) is 0 Å². The molecule has 134 valence electrons. The van der Waals surface area contributed by atoms with Crippen LogP contribution in [0.4, 0.5) is 0 Å². The van der Waals surface area contributed by atoms with Crippen LogP contribution >= 0.6 is 7.75 Å². The minimum atomic E-state index is -4.57. The molecule has 3 aliphatic heterocycles. The summed E-state index contributed by atoms with van der Waals surface area (Å²) in [4.78, 5) is 25.2. The Labute approximate surface area is 154 Å². The van der Waals surface area contributed by atoms with E-state index in [-0.39, 0.29) is 24.0 Å². The number of amidine groups is 1. The molecule has 3 aromatic carbocycles. The molecule has 27 heavy (non-hydrogen) atoms. The molecule has 2 fully saturated rings. The maximum absolute atomic E-state index is 12.6. The molecule has 6 bridgehead atoms. The third-order valence-electron chi connectivity index (χ3n) is 6.98. The van der Waals surface area contributed by atoms with Crippen LogP contribution in [-0.4, -0.2) is 37.2 Å². The van der Waals surface area contributed by atoms with Crippen molar-refractivity contribution in [3.05, 3.63) is 59.7 Å². The second-order valence-electron chi connectivity index (χ2n) is 7.85. The summed E-state index contributed by atoms with van der Waals surface area (Å²) in [5, 5.41) is 5.87. The second kappa shape index (κ2) is 4.15. The van der Waals surface area contributed by atoms with Crippen molar-refractivity contribution in [2.24, 2.45) is 10.8 Å². The van der Waals surface area contributed by atoms with E-state index in [0.717, 1.165) is 32.7 Å². The number of quaternary nitrogens is 1. The quantitative estimate of drug-likeness (QED) is 0.342. The Hall–Kier alpha value is -2.12. The van der Waals surface area contributed by atoms with Crippen molar-refractivity contribution in [1.29, 1.82) is 0 Å². The first-order chi connectivity index (χ1) is 13.0. The highest BCUT2D eigenvalue weighted by molar-refractivity contribution is 7.46. The third-order valence-corrected chi connectivity index (χ3v) is 8.46. The van der Waals surface area contributed by atoms with Gasteiger partial charge in [-0.25, -0.2) is 10.8 Å². The van der Waals surface area contributed by atoms with Crippen LogP contribution in [0.25, 0.3) is 21.5 Å². The van der Waals surface area contributed by atoms with Crippen molar-refractivity contribution in [2.45, 2.75) is 24.0 Å². The molecule has 8 rings (SSSR count). The highest BCUT2D eigenvalue weighted by Crippen LogP contribution is 2.74. The molecular formula is C19H16N4O3P+. The monoisotopic (exact) mass is 379 g/mol. The van der Waals surface area contributed by atoms with Gasteiger partial charge >= 0.3 is 7.75 Å². The van der Waals surface area contributed by atoms with Gasteiger partial charge in [0.1, 0.15) is 12.0 Å². The van der Waals surface area contributed by atoms with E-state index in [1.165, 1.54) is 5.12 Å². The Bertz CT molecular complexity index is 1240. The summed E-state index contributed by atoms with van der Waals surface area (Å²) in [5.74, 6) is 6.83. The zero-order valence-electron chi connectivity index (χ0n) is 14.1. The van der Waals surface area contributed by atoms with Crippen molar-refractivity contribution >= 4 is 35.1 Å². The van der Waals surface area contributed by atoms with Gasteiger partial charge in [0.05, 0.1) is 0 Å². The van der Waals surface area contributed by atoms with Gasteiger partial charge < -0.3 is 0 Å². The number of benzene rings is 3. The van der Waals surface area contributed by atoms with Crippen LogP contribution in [-0.2, 0) is 4.57 Å². The molecule has 5 atom stereocenters. The third kappa shape index (κ3) is 1.27. The molecule has 3 heterocycles. The summed E-state index contributed by atoms with van der Waals surface area (Å²) in [7, 11) is -4.57. The number of nitrogens with two attached hydrogens (primary N) is 1. The lowest BCUT2D eigenvalue weighted by molar-refractivity contribution is -0.948. The van der Waals surface area contributed by atoms with Crippen LogP contribution in [0, 0.1) is 0 Å². The lowest BCUT2D eigenvalue weighted by atomic mass is 9.73. The lowest BCUT2D eigenvalue weighted by Gasteiger charge is -2.54. The summed E-state index contributed by atoms with van der Waals surface area (Å²) >= 11 is 0. The van der Waals surface area contributed by atoms with Gasteiger partial charge in [0.2, 0.25) is 5.84 Å². The first-order valence-electron chi connectivity index (χ1n) is 8.98. The molecule has 0 saturated carbocycles. The number of rotatable bonds is 1. The van der Waals surface area contributed by atoms with Gasteiger partial charge in [-0.2, -0.15) is 4.57 Å². The molecular weight excluding hydrogens is 363 g/mol. The van der Waals surface area contributed by atoms with E-state index in [4.69, 9.17) is 5.84 Å². The van der Waals surface area contributed by atoms with E-state index < -0.39 is 12.1 Å². The van der Waals surface area contributed by atoms with Crippen molar-refractivity contribution in [3.63, 3.8) is 0 Å². The highest BCUT2D eigenvalue weighted by Gasteiger charge is 2.87. The average Bonchev–Trinajstić information content (AvgIpc) is 3.10. The number of hydrogen-bond acceptors (Lipinski definition) is 4. The minimum absolute atomic E-state index is 0.108. The zero-order chi connectivity index (χ0) is 18.3. The first-order valence-corrected chi connectivity index (χ1v) is 10.5. The molecule has 0 spiro atoms.